The van der Waals surface area contributed by atoms with E-state index in [-0.39, 0.29) is 0 Å². The maximum Gasteiger partial charge on any atom is 0.416 e. The van der Waals surface area contributed by atoms with Crippen molar-refractivity contribution in [2.45, 2.75) is 13.1 Å². The maximum atomic E-state index is 12.7. The minimum atomic E-state index is -4.39. The molecule has 0 atom stereocenters. The third-order valence-corrected chi connectivity index (χ3v) is 2.72. The van der Waals surface area contributed by atoms with Crippen LogP contribution < -0.4 is 5.32 Å². The molecule has 6 heteroatoms. The molecule has 20 heavy (non-hydrogen) atoms. The Kier molecular flexibility index (Phi) is 3.61. The summed E-state index contributed by atoms with van der Waals surface area (Å²) in [5.41, 5.74) is 0.664. The van der Waals surface area contributed by atoms with Crippen LogP contribution in [0.25, 0.3) is 0 Å². The van der Waals surface area contributed by atoms with Gasteiger partial charge in [0.2, 0.25) is 0 Å². The smallest absolute Gasteiger partial charge is 0.340 e. The van der Waals surface area contributed by atoms with Crippen LogP contribution in [-0.4, -0.2) is 4.98 Å². The molecular formula is C14H10F3N3. The summed E-state index contributed by atoms with van der Waals surface area (Å²) in [7, 11) is 0. The van der Waals surface area contributed by atoms with Gasteiger partial charge in [-0.05, 0) is 36.8 Å². The van der Waals surface area contributed by atoms with Crippen LogP contribution in [-0.2, 0) is 6.18 Å². The first kappa shape index (κ1) is 13.9. The maximum absolute atomic E-state index is 12.7. The van der Waals surface area contributed by atoms with Gasteiger partial charge in [-0.25, -0.2) is 4.98 Å². The number of anilines is 2. The minimum absolute atomic E-state index is 0.331. The lowest BCUT2D eigenvalue weighted by Crippen LogP contribution is -2.06. The predicted octanol–water partition coefficient (Wildman–Crippen LogP) is 4.02. The van der Waals surface area contributed by atoms with Gasteiger partial charge in [-0.15, -0.1) is 0 Å². The molecule has 0 spiro atoms. The Morgan fingerprint density at radius 3 is 2.50 bits per heavy atom. The van der Waals surface area contributed by atoms with Gasteiger partial charge in [-0.3, -0.25) is 0 Å². The fourth-order valence-electron chi connectivity index (χ4n) is 1.60. The van der Waals surface area contributed by atoms with E-state index < -0.39 is 11.7 Å². The third-order valence-electron chi connectivity index (χ3n) is 2.72. The molecule has 0 fully saturated rings. The van der Waals surface area contributed by atoms with Crippen molar-refractivity contribution in [2.75, 3.05) is 5.32 Å². The van der Waals surface area contributed by atoms with Crippen LogP contribution >= 0.6 is 0 Å². The van der Waals surface area contributed by atoms with Crippen molar-refractivity contribution < 1.29 is 13.2 Å². The lowest BCUT2D eigenvalue weighted by molar-refractivity contribution is -0.137. The van der Waals surface area contributed by atoms with Crippen LogP contribution in [0, 0.1) is 18.3 Å². The number of nitrogens with zero attached hydrogens (tertiary/aromatic N) is 2. The third kappa shape index (κ3) is 3.06. The highest BCUT2D eigenvalue weighted by molar-refractivity contribution is 5.61. The van der Waals surface area contributed by atoms with Crippen molar-refractivity contribution in [3.05, 3.63) is 53.2 Å². The minimum Gasteiger partial charge on any atom is -0.340 e. The van der Waals surface area contributed by atoms with E-state index in [0.29, 0.717) is 22.6 Å². The Labute approximate surface area is 113 Å². The van der Waals surface area contributed by atoms with Gasteiger partial charge in [0.05, 0.1) is 11.1 Å². The quantitative estimate of drug-likeness (QED) is 0.901. The molecule has 1 N–H and O–H groups in total. The zero-order valence-corrected chi connectivity index (χ0v) is 10.5. The highest BCUT2D eigenvalue weighted by atomic mass is 19.4. The second-order valence-electron chi connectivity index (χ2n) is 4.20. The number of aryl methyl sites for hydroxylation is 1. The SMILES string of the molecule is Cc1ccc(C(F)(F)F)cc1Nc1ccc(C#N)cn1. The average molecular weight is 277 g/mol. The van der Waals surface area contributed by atoms with Crippen molar-refractivity contribution in [1.29, 1.82) is 5.26 Å². The van der Waals surface area contributed by atoms with Crippen molar-refractivity contribution in [2.24, 2.45) is 0 Å². The molecule has 0 amide bonds. The fraction of sp³-hybridized carbons (Fsp3) is 0.143. The second-order valence-corrected chi connectivity index (χ2v) is 4.20. The van der Waals surface area contributed by atoms with Gasteiger partial charge < -0.3 is 5.32 Å². The Morgan fingerprint density at radius 1 is 1.20 bits per heavy atom. The summed E-state index contributed by atoms with van der Waals surface area (Å²) >= 11 is 0. The average Bonchev–Trinajstić information content (AvgIpc) is 2.41. The van der Waals surface area contributed by atoms with Crippen molar-refractivity contribution in [3.8, 4) is 6.07 Å². The largest absolute Gasteiger partial charge is 0.416 e. The first-order chi connectivity index (χ1) is 9.40. The molecule has 102 valence electrons. The predicted molar refractivity (Wildman–Crippen MR) is 68.4 cm³/mol. The highest BCUT2D eigenvalue weighted by Gasteiger charge is 2.30. The summed E-state index contributed by atoms with van der Waals surface area (Å²) < 4.78 is 38.0. The van der Waals surface area contributed by atoms with E-state index in [0.717, 1.165) is 12.1 Å². The number of hydrogen-bond acceptors (Lipinski definition) is 3. The number of pyridine rings is 1. The van der Waals surface area contributed by atoms with Gasteiger partial charge in [0.25, 0.3) is 0 Å². The van der Waals surface area contributed by atoms with Crippen LogP contribution in [0.3, 0.4) is 0 Å². The molecule has 0 saturated carbocycles. The number of rotatable bonds is 2. The molecule has 0 saturated heterocycles. The second kappa shape index (κ2) is 5.21. The van der Waals surface area contributed by atoms with E-state index in [1.54, 1.807) is 6.92 Å². The first-order valence-corrected chi connectivity index (χ1v) is 5.71. The molecule has 0 aliphatic heterocycles. The number of alkyl halides is 3. The van der Waals surface area contributed by atoms with E-state index >= 15 is 0 Å². The Morgan fingerprint density at radius 2 is 1.95 bits per heavy atom. The fourth-order valence-corrected chi connectivity index (χ4v) is 1.60. The standard InChI is InChI=1S/C14H10F3N3/c1-9-2-4-11(14(15,16)17)6-12(9)20-13-5-3-10(7-18)8-19-13/h2-6,8H,1H3,(H,19,20). The molecule has 2 rings (SSSR count). The monoisotopic (exact) mass is 277 g/mol. The van der Waals surface area contributed by atoms with E-state index in [1.165, 1.54) is 24.4 Å². The van der Waals surface area contributed by atoms with E-state index in [2.05, 4.69) is 10.3 Å². The van der Waals surface area contributed by atoms with Crippen LogP contribution in [0.2, 0.25) is 0 Å². The van der Waals surface area contributed by atoms with Crippen LogP contribution in [0.1, 0.15) is 16.7 Å². The number of nitriles is 1. The molecule has 1 heterocycles. The summed E-state index contributed by atoms with van der Waals surface area (Å²) in [5.74, 6) is 0.381. The normalized spacial score (nSPS) is 10.9. The molecule has 0 aliphatic carbocycles. The van der Waals surface area contributed by atoms with E-state index in [4.69, 9.17) is 5.26 Å². The van der Waals surface area contributed by atoms with Gasteiger partial charge in [-0.1, -0.05) is 6.07 Å². The molecule has 1 aromatic carbocycles. The zero-order valence-electron chi connectivity index (χ0n) is 10.5. The van der Waals surface area contributed by atoms with Crippen LogP contribution in [0.5, 0.6) is 0 Å². The topological polar surface area (TPSA) is 48.7 Å². The molecule has 2 aromatic rings. The summed E-state index contributed by atoms with van der Waals surface area (Å²) in [6, 6.07) is 8.47. The molecule has 3 nitrogen and oxygen atoms in total. The Balaban J connectivity index is 2.30. The van der Waals surface area contributed by atoms with Gasteiger partial charge in [-0.2, -0.15) is 18.4 Å². The lowest BCUT2D eigenvalue weighted by atomic mass is 10.1. The van der Waals surface area contributed by atoms with E-state index in [9.17, 15) is 13.2 Å². The lowest BCUT2D eigenvalue weighted by Gasteiger charge is -2.12. The summed E-state index contributed by atoms with van der Waals surface area (Å²) in [6.07, 6.45) is -3.03. The number of nitrogens with one attached hydrogen (secondary N) is 1. The summed E-state index contributed by atoms with van der Waals surface area (Å²) in [6.45, 7) is 1.70. The molecule has 0 radical (unpaired) electrons. The van der Waals surface area contributed by atoms with Crippen molar-refractivity contribution >= 4 is 11.5 Å². The summed E-state index contributed by atoms with van der Waals surface area (Å²) in [5, 5.41) is 11.5. The first-order valence-electron chi connectivity index (χ1n) is 5.71. The number of hydrogen-bond donors (Lipinski definition) is 1. The van der Waals surface area contributed by atoms with E-state index in [1.807, 2.05) is 6.07 Å². The van der Waals surface area contributed by atoms with Crippen LogP contribution in [0.15, 0.2) is 36.5 Å². The molecule has 1 aromatic heterocycles. The Bertz CT molecular complexity index is 655. The molecule has 0 unspecified atom stereocenters. The Hall–Kier alpha value is -2.55. The van der Waals surface area contributed by atoms with Gasteiger partial charge in [0.1, 0.15) is 11.9 Å². The summed E-state index contributed by atoms with van der Waals surface area (Å²) in [4.78, 5) is 3.96. The molecule has 0 bridgehead atoms. The van der Waals surface area contributed by atoms with Gasteiger partial charge in [0.15, 0.2) is 0 Å². The van der Waals surface area contributed by atoms with Gasteiger partial charge >= 0.3 is 6.18 Å². The van der Waals surface area contributed by atoms with Crippen molar-refractivity contribution in [1.82, 2.24) is 4.98 Å². The van der Waals surface area contributed by atoms with Crippen molar-refractivity contribution in [3.63, 3.8) is 0 Å². The van der Waals surface area contributed by atoms with Gasteiger partial charge in [0, 0.05) is 11.9 Å². The zero-order chi connectivity index (χ0) is 14.8. The molecular weight excluding hydrogens is 267 g/mol. The molecule has 0 aliphatic rings. The number of halogens is 3. The van der Waals surface area contributed by atoms with Crippen LogP contribution in [0.4, 0.5) is 24.7 Å². The highest BCUT2D eigenvalue weighted by Crippen LogP contribution is 2.32. The number of benzene rings is 1. The number of aromatic nitrogens is 1.